The summed E-state index contributed by atoms with van der Waals surface area (Å²) < 4.78 is 37.9. The van der Waals surface area contributed by atoms with Crippen molar-refractivity contribution in [2.45, 2.75) is 24.5 Å². The summed E-state index contributed by atoms with van der Waals surface area (Å²) >= 11 is 1.19. The summed E-state index contributed by atoms with van der Waals surface area (Å²) in [6, 6.07) is 5.49. The number of sulfone groups is 1. The van der Waals surface area contributed by atoms with E-state index in [0.717, 1.165) is 0 Å². The number of benzene rings is 1. The maximum absolute atomic E-state index is 13.1. The van der Waals surface area contributed by atoms with E-state index in [1.165, 1.54) is 28.8 Å². The van der Waals surface area contributed by atoms with E-state index in [1.807, 2.05) is 0 Å². The minimum Gasteiger partial charge on any atom is -0.351 e. The second-order valence-corrected chi connectivity index (χ2v) is 10.4. The third-order valence-corrected chi connectivity index (χ3v) is 7.70. The number of likely N-dealkylation sites (N-methyl/N-ethyl adjacent to an activating group) is 1. The maximum atomic E-state index is 13.1. The average molecular weight is 470 g/mol. The standard InChI is InChI=1S/C19H24FN5O4S2/c1-3-25(10-16(26)21-15-8-9-31(28,29)12-15)17(27)11-30-19-23-22-18(24(19)2)13-4-6-14(20)7-5-13/h4-7,15H,3,8-12H2,1-2H3,(H,21,26)/t15-/m1/s1. The van der Waals surface area contributed by atoms with E-state index in [0.29, 0.717) is 29.5 Å². The van der Waals surface area contributed by atoms with Gasteiger partial charge in [-0.2, -0.15) is 0 Å². The van der Waals surface area contributed by atoms with Crippen molar-refractivity contribution >= 4 is 33.4 Å². The molecule has 1 fully saturated rings. The monoisotopic (exact) mass is 469 g/mol. The van der Waals surface area contributed by atoms with E-state index >= 15 is 0 Å². The highest BCUT2D eigenvalue weighted by atomic mass is 32.2. The first-order valence-electron chi connectivity index (χ1n) is 9.74. The summed E-state index contributed by atoms with van der Waals surface area (Å²) in [5, 5.41) is 11.4. The van der Waals surface area contributed by atoms with Crippen molar-refractivity contribution in [2.24, 2.45) is 7.05 Å². The van der Waals surface area contributed by atoms with Crippen LogP contribution >= 0.6 is 11.8 Å². The van der Waals surface area contributed by atoms with Crippen LogP contribution in [0.3, 0.4) is 0 Å². The van der Waals surface area contributed by atoms with Gasteiger partial charge in [-0.1, -0.05) is 11.8 Å². The number of amides is 2. The Labute approximate surface area is 184 Å². The van der Waals surface area contributed by atoms with Gasteiger partial charge in [0, 0.05) is 25.2 Å². The van der Waals surface area contributed by atoms with Gasteiger partial charge in [0.1, 0.15) is 5.82 Å². The molecule has 2 aromatic rings. The molecule has 1 atom stereocenters. The van der Waals surface area contributed by atoms with E-state index in [4.69, 9.17) is 0 Å². The number of nitrogens with zero attached hydrogens (tertiary/aromatic N) is 4. The molecule has 1 aromatic carbocycles. The zero-order chi connectivity index (χ0) is 22.6. The molecule has 0 saturated carbocycles. The fourth-order valence-electron chi connectivity index (χ4n) is 3.24. The molecule has 1 aromatic heterocycles. The quantitative estimate of drug-likeness (QED) is 0.571. The molecular formula is C19H24FN5O4S2. The number of hydrogen-bond donors (Lipinski definition) is 1. The largest absolute Gasteiger partial charge is 0.351 e. The molecule has 0 spiro atoms. The fraction of sp³-hybridized carbons (Fsp3) is 0.474. The van der Waals surface area contributed by atoms with Crippen LogP contribution in [0.4, 0.5) is 4.39 Å². The van der Waals surface area contributed by atoms with Crippen LogP contribution in [0.1, 0.15) is 13.3 Å². The van der Waals surface area contributed by atoms with E-state index < -0.39 is 15.9 Å². The van der Waals surface area contributed by atoms with Gasteiger partial charge in [0.2, 0.25) is 11.8 Å². The van der Waals surface area contributed by atoms with E-state index in [2.05, 4.69) is 15.5 Å². The Balaban J connectivity index is 1.54. The Kier molecular flexibility index (Phi) is 7.31. The molecule has 0 radical (unpaired) electrons. The molecular weight excluding hydrogens is 445 g/mol. The highest BCUT2D eigenvalue weighted by Crippen LogP contribution is 2.23. The molecule has 1 N–H and O–H groups in total. The molecule has 1 aliphatic heterocycles. The minimum atomic E-state index is -3.09. The van der Waals surface area contributed by atoms with Crippen molar-refractivity contribution in [2.75, 3.05) is 30.3 Å². The number of aromatic nitrogens is 3. The molecule has 12 heteroatoms. The number of halogens is 1. The first kappa shape index (κ1) is 23.2. The van der Waals surface area contributed by atoms with Gasteiger partial charge in [0.25, 0.3) is 0 Å². The lowest BCUT2D eigenvalue weighted by Crippen LogP contribution is -2.45. The summed E-state index contributed by atoms with van der Waals surface area (Å²) in [5.74, 6) is -0.334. The first-order chi connectivity index (χ1) is 14.7. The first-order valence-corrected chi connectivity index (χ1v) is 12.5. The lowest BCUT2D eigenvalue weighted by atomic mass is 10.2. The fourth-order valence-corrected chi connectivity index (χ4v) is 5.73. The van der Waals surface area contributed by atoms with Crippen molar-refractivity contribution in [3.05, 3.63) is 30.1 Å². The molecule has 31 heavy (non-hydrogen) atoms. The SMILES string of the molecule is CCN(CC(=O)N[C@@H]1CCS(=O)(=O)C1)C(=O)CSc1nnc(-c2ccc(F)cc2)n1C. The molecule has 3 rings (SSSR count). The number of carbonyl (C=O) groups is 2. The van der Waals surface area contributed by atoms with Crippen LogP contribution in [-0.2, 0) is 26.5 Å². The normalized spacial score (nSPS) is 17.5. The van der Waals surface area contributed by atoms with Gasteiger partial charge in [-0.3, -0.25) is 9.59 Å². The predicted molar refractivity (Wildman–Crippen MR) is 115 cm³/mol. The van der Waals surface area contributed by atoms with Crippen LogP contribution in [0.2, 0.25) is 0 Å². The summed E-state index contributed by atoms with van der Waals surface area (Å²) in [6.45, 7) is 1.98. The van der Waals surface area contributed by atoms with Crippen LogP contribution in [0.5, 0.6) is 0 Å². The van der Waals surface area contributed by atoms with Crippen molar-refractivity contribution in [3.8, 4) is 11.4 Å². The number of nitrogens with one attached hydrogen (secondary N) is 1. The third-order valence-electron chi connectivity index (χ3n) is 4.93. The third kappa shape index (κ3) is 6.03. The van der Waals surface area contributed by atoms with E-state index in [9.17, 15) is 22.4 Å². The van der Waals surface area contributed by atoms with Gasteiger partial charge in [-0.15, -0.1) is 10.2 Å². The minimum absolute atomic E-state index is 0.0583. The van der Waals surface area contributed by atoms with Gasteiger partial charge < -0.3 is 14.8 Å². The second kappa shape index (κ2) is 9.77. The lowest BCUT2D eigenvalue weighted by molar-refractivity contribution is -0.134. The maximum Gasteiger partial charge on any atom is 0.239 e. The van der Waals surface area contributed by atoms with Crippen molar-refractivity contribution in [1.82, 2.24) is 25.0 Å². The zero-order valence-corrected chi connectivity index (χ0v) is 18.9. The van der Waals surface area contributed by atoms with Crippen LogP contribution in [0.25, 0.3) is 11.4 Å². The topological polar surface area (TPSA) is 114 Å². The molecule has 0 aliphatic carbocycles. The van der Waals surface area contributed by atoms with Crippen LogP contribution in [-0.4, -0.2) is 76.3 Å². The van der Waals surface area contributed by atoms with Crippen molar-refractivity contribution in [3.63, 3.8) is 0 Å². The Morgan fingerprint density at radius 3 is 2.61 bits per heavy atom. The Bertz CT molecular complexity index is 1060. The van der Waals surface area contributed by atoms with Crippen molar-refractivity contribution < 1.29 is 22.4 Å². The Hall–Kier alpha value is -2.47. The van der Waals surface area contributed by atoms with Crippen LogP contribution < -0.4 is 5.32 Å². The van der Waals surface area contributed by atoms with Gasteiger partial charge in [0.15, 0.2) is 20.8 Å². The summed E-state index contributed by atoms with van der Waals surface area (Å²) in [5.41, 5.74) is 0.704. The highest BCUT2D eigenvalue weighted by Gasteiger charge is 2.29. The number of rotatable bonds is 8. The van der Waals surface area contributed by atoms with Crippen LogP contribution in [0.15, 0.2) is 29.4 Å². The molecule has 2 amide bonds. The van der Waals surface area contributed by atoms with E-state index in [-0.39, 0.29) is 41.4 Å². The van der Waals surface area contributed by atoms with E-state index in [1.54, 1.807) is 30.7 Å². The zero-order valence-electron chi connectivity index (χ0n) is 17.2. The molecule has 2 heterocycles. The highest BCUT2D eigenvalue weighted by molar-refractivity contribution is 7.99. The molecule has 1 saturated heterocycles. The number of hydrogen-bond acceptors (Lipinski definition) is 7. The molecule has 1 aliphatic rings. The molecule has 9 nitrogen and oxygen atoms in total. The lowest BCUT2D eigenvalue weighted by Gasteiger charge is -2.21. The Morgan fingerprint density at radius 2 is 2.00 bits per heavy atom. The van der Waals surface area contributed by atoms with Crippen LogP contribution in [0, 0.1) is 5.82 Å². The van der Waals surface area contributed by atoms with Crippen molar-refractivity contribution in [1.29, 1.82) is 0 Å². The summed E-state index contributed by atoms with van der Waals surface area (Å²) in [7, 11) is -1.33. The number of thioether (sulfide) groups is 1. The average Bonchev–Trinajstić information content (AvgIpc) is 3.26. The second-order valence-electron chi connectivity index (χ2n) is 7.24. The van der Waals surface area contributed by atoms with Gasteiger partial charge in [-0.25, -0.2) is 12.8 Å². The Morgan fingerprint density at radius 1 is 1.29 bits per heavy atom. The van der Waals surface area contributed by atoms with Gasteiger partial charge in [0.05, 0.1) is 23.8 Å². The molecule has 168 valence electrons. The molecule has 0 bridgehead atoms. The predicted octanol–water partition coefficient (Wildman–Crippen LogP) is 0.865. The summed E-state index contributed by atoms with van der Waals surface area (Å²) in [4.78, 5) is 26.2. The smallest absolute Gasteiger partial charge is 0.239 e. The molecule has 0 unspecified atom stereocenters. The van der Waals surface area contributed by atoms with Gasteiger partial charge in [-0.05, 0) is 37.6 Å². The van der Waals surface area contributed by atoms with Gasteiger partial charge >= 0.3 is 0 Å². The number of carbonyl (C=O) groups excluding carboxylic acids is 2. The summed E-state index contributed by atoms with van der Waals surface area (Å²) in [6.07, 6.45) is 0.395.